The first-order valence-electron chi connectivity index (χ1n) is 27.7. The van der Waals surface area contributed by atoms with Crippen LogP contribution in [-0.4, -0.2) is 0 Å². The average Bonchev–Trinajstić information content (AvgIpc) is 4.08. The molecular weight excluding hydrogens is 855 g/mol. The average molecular weight is 916 g/mol. The second-order valence-electron chi connectivity index (χ2n) is 24.6. The molecule has 18 rings (SSSR count). The van der Waals surface area contributed by atoms with Gasteiger partial charge in [0.15, 0.2) is 0 Å². The maximum Gasteiger partial charge on any atom is 0.0726 e. The van der Waals surface area contributed by atoms with Crippen molar-refractivity contribution >= 4 is 17.1 Å². The van der Waals surface area contributed by atoms with Gasteiger partial charge in [-0.2, -0.15) is 0 Å². The van der Waals surface area contributed by atoms with Crippen LogP contribution in [0.2, 0.25) is 0 Å². The van der Waals surface area contributed by atoms with Gasteiger partial charge in [-0.15, -0.1) is 0 Å². The van der Waals surface area contributed by atoms with E-state index < -0.39 is 5.41 Å². The molecule has 1 heteroatoms. The van der Waals surface area contributed by atoms with Crippen LogP contribution in [0.3, 0.4) is 0 Å². The molecule has 0 aliphatic heterocycles. The summed E-state index contributed by atoms with van der Waals surface area (Å²) in [4.78, 5) is 2.62. The predicted molar refractivity (Wildman–Crippen MR) is 292 cm³/mol. The van der Waals surface area contributed by atoms with Gasteiger partial charge in [0.2, 0.25) is 0 Å². The predicted octanol–water partition coefficient (Wildman–Crippen LogP) is 18.3. The van der Waals surface area contributed by atoms with Crippen LogP contribution in [0.5, 0.6) is 0 Å². The highest BCUT2D eigenvalue weighted by molar-refractivity contribution is 6.02. The molecule has 0 radical (unpaired) electrons. The van der Waals surface area contributed by atoms with E-state index in [9.17, 15) is 0 Å². The van der Waals surface area contributed by atoms with Gasteiger partial charge in [-0.05, 0) is 224 Å². The molecule has 4 fully saturated rings. The molecule has 8 aromatic rings. The molecule has 71 heavy (non-hydrogen) atoms. The van der Waals surface area contributed by atoms with E-state index in [1.54, 1.807) is 44.5 Å². The van der Waals surface area contributed by atoms with Gasteiger partial charge >= 0.3 is 0 Å². The lowest BCUT2D eigenvalue weighted by atomic mass is 9.65. The van der Waals surface area contributed by atoms with Gasteiger partial charge in [-0.1, -0.05) is 160 Å². The Bertz CT molecular complexity index is 3580. The maximum absolute atomic E-state index is 2.86. The van der Waals surface area contributed by atoms with Crippen molar-refractivity contribution < 1.29 is 0 Å². The minimum Gasteiger partial charge on any atom is -0.310 e. The normalized spacial score (nSPS) is 28.3. The van der Waals surface area contributed by atoms with Crippen molar-refractivity contribution in [3.8, 4) is 44.5 Å². The van der Waals surface area contributed by atoms with Crippen molar-refractivity contribution in [2.75, 3.05) is 4.90 Å². The Morgan fingerprint density at radius 1 is 0.408 bits per heavy atom. The largest absolute Gasteiger partial charge is 0.310 e. The number of anilines is 3. The SMILES string of the molecule is CC1(C)c2ccccc2-c2ccc(N(c3ccc(-c4ccccc4)cc3)c3cccc4c3-c3ccccc3C43c4cc5c(cc4-c4cc6c(cc43)C3CCCC4CC6CC43)C3CC4CC(C3)CC5C4)cc21. The standard InChI is InChI=1S/C70H61N/c1-69(2)61-18-8-6-15-51(61)52-27-26-49(35-64(52)69)71(48-24-22-43(23-25-48)42-12-4-3-5-13-42)67-21-11-20-63-68(67)53-16-7-9-19-62(53)70(63)65-38-57-46-31-40-28-41(32-46)30-45(29-40)55(57)36-59(65)60-37-56-47-33-44-14-10-17-50(54(44)34-47)58(56)39-66(60)70/h3-9,11-13,15-16,18-27,35-41,44-47,50,54H,10,14,17,28-34H2,1-2H3. The first-order valence-corrected chi connectivity index (χ1v) is 27.7. The van der Waals surface area contributed by atoms with Crippen LogP contribution < -0.4 is 4.90 Å². The highest BCUT2D eigenvalue weighted by Gasteiger charge is 2.56. The second-order valence-corrected chi connectivity index (χ2v) is 24.6. The minimum atomic E-state index is -0.408. The molecule has 10 aliphatic carbocycles. The first-order chi connectivity index (χ1) is 34.9. The van der Waals surface area contributed by atoms with Gasteiger partial charge in [0.05, 0.1) is 11.1 Å². The van der Waals surface area contributed by atoms with E-state index in [4.69, 9.17) is 0 Å². The zero-order valence-corrected chi connectivity index (χ0v) is 41.2. The van der Waals surface area contributed by atoms with E-state index in [2.05, 4.69) is 183 Å². The molecule has 0 saturated heterocycles. The Kier molecular flexibility index (Phi) is 8.01. The van der Waals surface area contributed by atoms with Crippen LogP contribution in [0.1, 0.15) is 157 Å². The van der Waals surface area contributed by atoms with Crippen molar-refractivity contribution in [2.45, 2.75) is 113 Å². The number of hydrogen-bond donors (Lipinski definition) is 0. The topological polar surface area (TPSA) is 3.24 Å². The second kappa shape index (κ2) is 14.2. The number of rotatable bonds is 4. The van der Waals surface area contributed by atoms with E-state index in [1.165, 1.54) is 137 Å². The van der Waals surface area contributed by atoms with Gasteiger partial charge < -0.3 is 4.90 Å². The fourth-order valence-corrected chi connectivity index (χ4v) is 18.4. The third-order valence-corrected chi connectivity index (χ3v) is 21.1. The lowest BCUT2D eigenvalue weighted by Gasteiger charge is -2.39. The zero-order valence-electron chi connectivity index (χ0n) is 41.2. The van der Waals surface area contributed by atoms with Gasteiger partial charge in [0, 0.05) is 22.4 Å². The van der Waals surface area contributed by atoms with Crippen LogP contribution in [0.25, 0.3) is 44.5 Å². The fraction of sp³-hybridized carbons (Fsp3) is 0.314. The van der Waals surface area contributed by atoms with Crippen LogP contribution in [0.15, 0.2) is 164 Å². The molecule has 7 unspecified atom stereocenters. The van der Waals surface area contributed by atoms with E-state index >= 15 is 0 Å². The Labute approximate surface area is 420 Å². The van der Waals surface area contributed by atoms with Crippen LogP contribution >= 0.6 is 0 Å². The van der Waals surface area contributed by atoms with Crippen molar-refractivity contribution in [3.05, 3.63) is 219 Å². The number of fused-ring (bicyclic) bond motifs is 17. The minimum absolute atomic E-state index is 0.120. The Hall–Kier alpha value is -6.44. The smallest absolute Gasteiger partial charge is 0.0726 e. The fourth-order valence-electron chi connectivity index (χ4n) is 18.4. The number of benzene rings is 8. The number of hydrogen-bond acceptors (Lipinski definition) is 1. The highest BCUT2D eigenvalue weighted by Crippen LogP contribution is 2.69. The van der Waals surface area contributed by atoms with Gasteiger partial charge in [-0.25, -0.2) is 0 Å². The summed E-state index contributed by atoms with van der Waals surface area (Å²) >= 11 is 0. The molecule has 10 aliphatic rings. The van der Waals surface area contributed by atoms with Crippen molar-refractivity contribution in [1.29, 1.82) is 0 Å². The summed E-state index contributed by atoms with van der Waals surface area (Å²) in [5.74, 6) is 6.36. The van der Waals surface area contributed by atoms with E-state index in [1.807, 2.05) is 0 Å². The summed E-state index contributed by atoms with van der Waals surface area (Å²) in [6, 6.07) is 65.3. The molecule has 1 nitrogen and oxygen atoms in total. The summed E-state index contributed by atoms with van der Waals surface area (Å²) in [5.41, 5.74) is 30.0. The zero-order chi connectivity index (χ0) is 46.5. The lowest BCUT2D eigenvalue weighted by Crippen LogP contribution is -2.28. The summed E-state index contributed by atoms with van der Waals surface area (Å²) in [5, 5.41) is 0. The van der Waals surface area contributed by atoms with E-state index in [0.717, 1.165) is 23.7 Å². The first kappa shape index (κ1) is 40.2. The summed E-state index contributed by atoms with van der Waals surface area (Å²) in [7, 11) is 0. The molecule has 6 bridgehead atoms. The maximum atomic E-state index is 2.86. The highest BCUT2D eigenvalue weighted by atomic mass is 15.1. The lowest BCUT2D eigenvalue weighted by molar-refractivity contribution is 0.166. The Balaban J connectivity index is 0.933. The van der Waals surface area contributed by atoms with Gasteiger partial charge in [0.1, 0.15) is 0 Å². The molecule has 346 valence electrons. The monoisotopic (exact) mass is 915 g/mol. The molecule has 7 atom stereocenters. The molecule has 0 N–H and O–H groups in total. The third-order valence-electron chi connectivity index (χ3n) is 21.1. The van der Waals surface area contributed by atoms with E-state index in [0.29, 0.717) is 23.7 Å². The molecule has 0 heterocycles. The Morgan fingerprint density at radius 2 is 1.01 bits per heavy atom. The quantitative estimate of drug-likeness (QED) is 0.170. The van der Waals surface area contributed by atoms with Crippen LogP contribution in [0, 0.1) is 23.7 Å². The van der Waals surface area contributed by atoms with E-state index in [-0.39, 0.29) is 5.41 Å². The van der Waals surface area contributed by atoms with Crippen molar-refractivity contribution in [3.63, 3.8) is 0 Å². The Morgan fingerprint density at radius 3 is 1.79 bits per heavy atom. The molecule has 8 aromatic carbocycles. The molecule has 4 saturated carbocycles. The van der Waals surface area contributed by atoms with Gasteiger partial charge in [-0.3, -0.25) is 0 Å². The molecule has 0 aromatic heterocycles. The molecule has 0 amide bonds. The van der Waals surface area contributed by atoms with Gasteiger partial charge in [0.25, 0.3) is 0 Å². The summed E-state index contributed by atoms with van der Waals surface area (Å²) < 4.78 is 0. The molecule has 1 spiro atoms. The van der Waals surface area contributed by atoms with Crippen LogP contribution in [0.4, 0.5) is 17.1 Å². The third kappa shape index (κ3) is 5.23. The molecular formula is C70H61N. The summed E-state index contributed by atoms with van der Waals surface area (Å²) in [6.45, 7) is 4.84. The van der Waals surface area contributed by atoms with Crippen LogP contribution in [-0.2, 0) is 10.8 Å². The number of nitrogens with zero attached hydrogens (tertiary/aromatic N) is 1. The van der Waals surface area contributed by atoms with Crippen molar-refractivity contribution in [2.24, 2.45) is 23.7 Å². The summed E-state index contributed by atoms with van der Waals surface area (Å²) in [6.07, 6.45) is 14.1. The van der Waals surface area contributed by atoms with Crippen molar-refractivity contribution in [1.82, 2.24) is 0 Å².